The van der Waals surface area contributed by atoms with E-state index >= 15 is 0 Å². The number of carbonyl (C=O) groups is 1. The number of hydrogen-bond donors (Lipinski definition) is 2. The van der Waals surface area contributed by atoms with Crippen LogP contribution in [0.1, 0.15) is 28.8 Å². The van der Waals surface area contributed by atoms with Crippen LogP contribution in [0.15, 0.2) is 41.4 Å². The number of ether oxygens (including phenoxy) is 1. The van der Waals surface area contributed by atoms with E-state index in [1.54, 1.807) is 12.1 Å². The molecule has 2 saturated heterocycles. The minimum Gasteiger partial charge on any atom is -0.478 e. The van der Waals surface area contributed by atoms with Gasteiger partial charge in [-0.25, -0.2) is 9.78 Å². The van der Waals surface area contributed by atoms with Crippen LogP contribution in [-0.4, -0.2) is 42.4 Å². The van der Waals surface area contributed by atoms with Crippen molar-refractivity contribution in [3.05, 3.63) is 47.7 Å². The normalized spacial score (nSPS) is 18.2. The van der Waals surface area contributed by atoms with Crippen molar-refractivity contribution in [3.8, 4) is 0 Å². The fourth-order valence-electron chi connectivity index (χ4n) is 3.70. The molecule has 6 nitrogen and oxygen atoms in total. The number of pyridine rings is 1. The quantitative estimate of drug-likeness (QED) is 0.758. The lowest BCUT2D eigenvalue weighted by Gasteiger charge is -2.53. The predicted molar refractivity (Wildman–Crippen MR) is 107 cm³/mol. The van der Waals surface area contributed by atoms with Crippen LogP contribution in [0.3, 0.4) is 0 Å². The number of aromatic nitrogens is 1. The topological polar surface area (TPSA) is 74.7 Å². The Bertz CT molecular complexity index is 827. The molecule has 7 heteroatoms. The lowest BCUT2D eigenvalue weighted by Crippen LogP contribution is -2.59. The van der Waals surface area contributed by atoms with Gasteiger partial charge >= 0.3 is 5.97 Å². The highest BCUT2D eigenvalue weighted by Crippen LogP contribution is 2.43. The van der Waals surface area contributed by atoms with E-state index in [0.717, 1.165) is 61.1 Å². The van der Waals surface area contributed by atoms with Crippen LogP contribution in [0.25, 0.3) is 0 Å². The molecular weight excluding hydrogens is 362 g/mol. The Balaban J connectivity index is 1.45. The van der Waals surface area contributed by atoms with Crippen molar-refractivity contribution < 1.29 is 14.6 Å². The number of benzene rings is 1. The third-order valence-electron chi connectivity index (χ3n) is 5.29. The first-order chi connectivity index (χ1) is 13.0. The summed E-state index contributed by atoms with van der Waals surface area (Å²) in [7, 11) is 0. The molecule has 4 rings (SSSR count). The summed E-state index contributed by atoms with van der Waals surface area (Å²) in [4.78, 5) is 18.9. The number of anilines is 2. The Morgan fingerprint density at radius 3 is 2.63 bits per heavy atom. The van der Waals surface area contributed by atoms with Crippen molar-refractivity contribution in [2.75, 3.05) is 35.9 Å². The highest BCUT2D eigenvalue weighted by Gasteiger charge is 2.44. The van der Waals surface area contributed by atoms with Gasteiger partial charge in [-0.2, -0.15) is 0 Å². The van der Waals surface area contributed by atoms with E-state index in [-0.39, 0.29) is 0 Å². The molecule has 2 fully saturated rings. The molecule has 0 bridgehead atoms. The van der Waals surface area contributed by atoms with Gasteiger partial charge in [0, 0.05) is 42.8 Å². The van der Waals surface area contributed by atoms with Crippen LogP contribution in [0, 0.1) is 12.3 Å². The molecule has 0 saturated carbocycles. The molecule has 1 aromatic carbocycles. The van der Waals surface area contributed by atoms with Gasteiger partial charge in [0.25, 0.3) is 0 Å². The third-order valence-corrected chi connectivity index (χ3v) is 6.12. The number of rotatable bonds is 5. The number of aryl methyl sites for hydroxylation is 1. The fraction of sp³-hybridized carbons (Fsp3) is 0.400. The highest BCUT2D eigenvalue weighted by molar-refractivity contribution is 8.00. The van der Waals surface area contributed by atoms with Crippen LogP contribution < -0.4 is 9.62 Å². The first-order valence-corrected chi connectivity index (χ1v) is 9.92. The molecule has 0 unspecified atom stereocenters. The molecule has 2 N–H and O–H groups in total. The Morgan fingerprint density at radius 2 is 1.96 bits per heavy atom. The molecule has 27 heavy (non-hydrogen) atoms. The zero-order valence-corrected chi connectivity index (χ0v) is 16.1. The summed E-state index contributed by atoms with van der Waals surface area (Å²) in [6, 6.07) is 8.96. The average Bonchev–Trinajstić information content (AvgIpc) is 2.65. The Labute approximate surface area is 163 Å². The number of carboxylic acids is 1. The lowest BCUT2D eigenvalue weighted by molar-refractivity contribution is -0.000403. The fourth-order valence-corrected chi connectivity index (χ4v) is 4.35. The van der Waals surface area contributed by atoms with Crippen LogP contribution in [-0.2, 0) is 4.74 Å². The Hall–Kier alpha value is -2.25. The molecule has 0 atom stereocenters. The average molecular weight is 385 g/mol. The maximum atomic E-state index is 11.0. The van der Waals surface area contributed by atoms with Gasteiger partial charge in [-0.15, -0.1) is 0 Å². The number of aromatic carboxylic acids is 1. The van der Waals surface area contributed by atoms with Gasteiger partial charge in [0.05, 0.1) is 11.3 Å². The Kier molecular flexibility index (Phi) is 4.97. The van der Waals surface area contributed by atoms with Crippen molar-refractivity contribution in [1.29, 1.82) is 0 Å². The summed E-state index contributed by atoms with van der Waals surface area (Å²) >= 11 is 1.47. The molecular formula is C20H23N3O3S. The summed E-state index contributed by atoms with van der Waals surface area (Å²) in [6.07, 6.45) is 4.16. The Morgan fingerprint density at radius 1 is 1.26 bits per heavy atom. The molecule has 0 radical (unpaired) electrons. The second-order valence-corrected chi connectivity index (χ2v) is 8.27. The summed E-state index contributed by atoms with van der Waals surface area (Å²) in [5, 5.41) is 9.01. The minimum absolute atomic E-state index is 0.291. The first kappa shape index (κ1) is 18.1. The first-order valence-electron chi connectivity index (χ1n) is 9.10. The maximum Gasteiger partial charge on any atom is 0.335 e. The van der Waals surface area contributed by atoms with Gasteiger partial charge in [0.1, 0.15) is 0 Å². The summed E-state index contributed by atoms with van der Waals surface area (Å²) in [6.45, 7) is 5.81. The number of carboxylic acid groups (broad SMARTS) is 1. The maximum absolute atomic E-state index is 11.0. The van der Waals surface area contributed by atoms with E-state index in [2.05, 4.69) is 20.7 Å². The standard InChI is InChI=1S/C20H23N3O3S/c1-14-10-17(22-27-16-4-2-15(3-5-16)19(24)25)18(21-11-14)23-12-20(13-23)6-8-26-9-7-20/h2-5,10-11,22H,6-9,12-13H2,1H3,(H,24,25). The molecule has 142 valence electrons. The van der Waals surface area contributed by atoms with Gasteiger partial charge in [0.2, 0.25) is 0 Å². The predicted octanol–water partition coefficient (Wildman–Crippen LogP) is 3.82. The molecule has 3 heterocycles. The van der Waals surface area contributed by atoms with Gasteiger partial charge in [-0.1, -0.05) is 0 Å². The van der Waals surface area contributed by atoms with E-state index in [9.17, 15) is 4.79 Å². The number of nitrogens with zero attached hydrogens (tertiary/aromatic N) is 2. The second kappa shape index (κ2) is 7.40. The zero-order chi connectivity index (χ0) is 18.9. The monoisotopic (exact) mass is 385 g/mol. The summed E-state index contributed by atoms with van der Waals surface area (Å²) in [5.41, 5.74) is 2.77. The van der Waals surface area contributed by atoms with Crippen molar-refractivity contribution in [3.63, 3.8) is 0 Å². The highest BCUT2D eigenvalue weighted by atomic mass is 32.2. The van der Waals surface area contributed by atoms with Crippen molar-refractivity contribution in [2.24, 2.45) is 5.41 Å². The SMILES string of the molecule is Cc1cnc(N2CC3(CCOCC3)C2)c(NSc2ccc(C(=O)O)cc2)c1. The van der Waals surface area contributed by atoms with Gasteiger partial charge in [0.15, 0.2) is 5.82 Å². The van der Waals surface area contributed by atoms with E-state index < -0.39 is 5.97 Å². The molecule has 2 aliphatic heterocycles. The van der Waals surface area contributed by atoms with Crippen molar-refractivity contribution in [2.45, 2.75) is 24.7 Å². The summed E-state index contributed by atoms with van der Waals surface area (Å²) in [5.74, 6) is 0.0666. The summed E-state index contributed by atoms with van der Waals surface area (Å²) < 4.78 is 8.91. The van der Waals surface area contributed by atoms with Gasteiger partial charge < -0.3 is 19.5 Å². The minimum atomic E-state index is -0.912. The van der Waals surface area contributed by atoms with E-state index in [1.807, 2.05) is 25.3 Å². The van der Waals surface area contributed by atoms with Crippen molar-refractivity contribution in [1.82, 2.24) is 4.98 Å². The molecule has 2 aromatic rings. The molecule has 0 aliphatic carbocycles. The van der Waals surface area contributed by atoms with Crippen LogP contribution >= 0.6 is 11.9 Å². The third kappa shape index (κ3) is 3.89. The van der Waals surface area contributed by atoms with Gasteiger partial charge in [-0.05, 0) is 67.6 Å². The van der Waals surface area contributed by atoms with Crippen LogP contribution in [0.4, 0.5) is 11.5 Å². The lowest BCUT2D eigenvalue weighted by atomic mass is 9.73. The smallest absolute Gasteiger partial charge is 0.335 e. The molecule has 1 aromatic heterocycles. The second-order valence-electron chi connectivity index (χ2n) is 7.39. The van der Waals surface area contributed by atoms with E-state index in [4.69, 9.17) is 9.84 Å². The molecule has 0 amide bonds. The zero-order valence-electron chi connectivity index (χ0n) is 15.3. The van der Waals surface area contributed by atoms with Crippen LogP contribution in [0.2, 0.25) is 0 Å². The van der Waals surface area contributed by atoms with Gasteiger partial charge in [-0.3, -0.25) is 0 Å². The number of hydrogen-bond acceptors (Lipinski definition) is 6. The van der Waals surface area contributed by atoms with E-state index in [1.165, 1.54) is 11.9 Å². The molecule has 1 spiro atoms. The van der Waals surface area contributed by atoms with Crippen LogP contribution in [0.5, 0.6) is 0 Å². The van der Waals surface area contributed by atoms with E-state index in [0.29, 0.717) is 11.0 Å². The number of nitrogens with one attached hydrogen (secondary N) is 1. The molecule has 2 aliphatic rings. The largest absolute Gasteiger partial charge is 0.478 e. The van der Waals surface area contributed by atoms with Crippen molar-refractivity contribution >= 4 is 29.4 Å².